The molecule has 1 aromatic carbocycles. The van der Waals surface area contributed by atoms with Crippen molar-refractivity contribution in [2.45, 2.75) is 19.3 Å². The molecule has 0 saturated carbocycles. The first-order valence-corrected chi connectivity index (χ1v) is 6.79. The van der Waals surface area contributed by atoms with E-state index in [1.165, 1.54) is 0 Å². The van der Waals surface area contributed by atoms with Crippen molar-refractivity contribution < 1.29 is 14.3 Å². The van der Waals surface area contributed by atoms with Crippen LogP contribution in [0.4, 0.5) is 5.69 Å². The average molecular weight is 259 g/mol. The van der Waals surface area contributed by atoms with Crippen molar-refractivity contribution in [3.63, 3.8) is 0 Å². The summed E-state index contributed by atoms with van der Waals surface area (Å²) < 4.78 is 5.39. The van der Waals surface area contributed by atoms with Crippen LogP contribution >= 0.6 is 0 Å². The topological polar surface area (TPSA) is 46.6 Å². The second-order valence-corrected chi connectivity index (χ2v) is 5.09. The molecule has 1 unspecified atom stereocenters. The van der Waals surface area contributed by atoms with Gasteiger partial charge in [-0.25, -0.2) is 0 Å². The number of amides is 1. The molecule has 0 radical (unpaired) electrons. The highest BCUT2D eigenvalue weighted by molar-refractivity contribution is 6.09. The molecule has 4 nitrogen and oxygen atoms in total. The summed E-state index contributed by atoms with van der Waals surface area (Å²) in [6.07, 6.45) is 2.23. The maximum absolute atomic E-state index is 12.6. The lowest BCUT2D eigenvalue weighted by Gasteiger charge is -2.32. The highest BCUT2D eigenvalue weighted by Gasteiger charge is 2.32. The maximum atomic E-state index is 12.6. The van der Waals surface area contributed by atoms with Crippen molar-refractivity contribution in [1.29, 1.82) is 0 Å². The van der Waals surface area contributed by atoms with Crippen molar-refractivity contribution >= 4 is 17.4 Å². The van der Waals surface area contributed by atoms with Gasteiger partial charge in [-0.05, 0) is 25.0 Å². The van der Waals surface area contributed by atoms with E-state index in [-0.39, 0.29) is 17.6 Å². The van der Waals surface area contributed by atoms with Crippen molar-refractivity contribution in [1.82, 2.24) is 0 Å². The Hall–Kier alpha value is -1.68. The largest absolute Gasteiger partial charge is 0.381 e. The standard InChI is InChI=1S/C15H17NO3/c17-14-7-8-16(13-6-2-1-5-12(13)14)15(18)11-4-3-9-19-10-11/h1-2,5-6,11H,3-4,7-10H2. The summed E-state index contributed by atoms with van der Waals surface area (Å²) in [7, 11) is 0. The predicted molar refractivity (Wildman–Crippen MR) is 71.3 cm³/mol. The Bertz CT molecular complexity index is 506. The van der Waals surface area contributed by atoms with Crippen LogP contribution in [-0.4, -0.2) is 31.4 Å². The fourth-order valence-electron chi connectivity index (χ4n) is 2.80. The van der Waals surface area contributed by atoms with Crippen LogP contribution in [0.5, 0.6) is 0 Å². The molecule has 0 spiro atoms. The quantitative estimate of drug-likeness (QED) is 0.775. The van der Waals surface area contributed by atoms with E-state index in [9.17, 15) is 9.59 Å². The van der Waals surface area contributed by atoms with E-state index >= 15 is 0 Å². The Balaban J connectivity index is 1.87. The van der Waals surface area contributed by atoms with Crippen LogP contribution < -0.4 is 4.90 Å². The van der Waals surface area contributed by atoms with Gasteiger partial charge in [0.25, 0.3) is 0 Å². The number of nitrogens with zero attached hydrogens (tertiary/aromatic N) is 1. The minimum atomic E-state index is -0.0602. The summed E-state index contributed by atoms with van der Waals surface area (Å²) >= 11 is 0. The van der Waals surface area contributed by atoms with E-state index in [1.54, 1.807) is 11.0 Å². The Morgan fingerprint density at radius 2 is 2.16 bits per heavy atom. The highest BCUT2D eigenvalue weighted by atomic mass is 16.5. The molecule has 19 heavy (non-hydrogen) atoms. The molecule has 1 fully saturated rings. The molecular formula is C15H17NO3. The molecule has 2 aliphatic rings. The first-order chi connectivity index (χ1) is 9.27. The minimum Gasteiger partial charge on any atom is -0.381 e. The van der Waals surface area contributed by atoms with E-state index in [4.69, 9.17) is 4.74 Å². The van der Waals surface area contributed by atoms with E-state index in [0.29, 0.717) is 25.1 Å². The first kappa shape index (κ1) is 12.4. The zero-order valence-corrected chi connectivity index (χ0v) is 10.8. The Kier molecular flexibility index (Phi) is 3.34. The van der Waals surface area contributed by atoms with E-state index in [2.05, 4.69) is 0 Å². The van der Waals surface area contributed by atoms with Gasteiger partial charge in [0.05, 0.1) is 18.2 Å². The smallest absolute Gasteiger partial charge is 0.232 e. The van der Waals surface area contributed by atoms with Gasteiger partial charge in [0.2, 0.25) is 5.91 Å². The molecule has 1 amide bonds. The minimum absolute atomic E-state index is 0.0602. The van der Waals surface area contributed by atoms with Gasteiger partial charge in [0.15, 0.2) is 5.78 Å². The fourth-order valence-corrected chi connectivity index (χ4v) is 2.80. The van der Waals surface area contributed by atoms with Crippen LogP contribution in [0.3, 0.4) is 0 Å². The summed E-state index contributed by atoms with van der Waals surface area (Å²) in [4.78, 5) is 26.2. The molecule has 1 atom stereocenters. The molecule has 2 heterocycles. The zero-order valence-electron chi connectivity index (χ0n) is 10.8. The average Bonchev–Trinajstić information content (AvgIpc) is 2.48. The molecule has 100 valence electrons. The number of hydrogen-bond donors (Lipinski definition) is 0. The second-order valence-electron chi connectivity index (χ2n) is 5.09. The summed E-state index contributed by atoms with van der Waals surface area (Å²) in [5.74, 6) is 0.161. The Labute approximate surface area is 112 Å². The van der Waals surface area contributed by atoms with Crippen LogP contribution in [0.15, 0.2) is 24.3 Å². The zero-order chi connectivity index (χ0) is 13.2. The predicted octanol–water partition coefficient (Wildman–Crippen LogP) is 2.03. The number of benzene rings is 1. The lowest BCUT2D eigenvalue weighted by molar-refractivity contribution is -0.126. The molecule has 4 heteroatoms. The Morgan fingerprint density at radius 1 is 1.32 bits per heavy atom. The maximum Gasteiger partial charge on any atom is 0.232 e. The van der Waals surface area contributed by atoms with Crippen LogP contribution in [0, 0.1) is 5.92 Å². The molecule has 0 N–H and O–H groups in total. The highest BCUT2D eigenvalue weighted by Crippen LogP contribution is 2.29. The number of fused-ring (bicyclic) bond motifs is 1. The van der Waals surface area contributed by atoms with Crippen molar-refractivity contribution in [3.8, 4) is 0 Å². The van der Waals surface area contributed by atoms with Gasteiger partial charge in [-0.3, -0.25) is 9.59 Å². The fraction of sp³-hybridized carbons (Fsp3) is 0.467. The molecule has 3 rings (SSSR count). The van der Waals surface area contributed by atoms with Gasteiger partial charge in [0.1, 0.15) is 0 Å². The van der Waals surface area contributed by atoms with Crippen LogP contribution in [0.2, 0.25) is 0 Å². The molecular weight excluding hydrogens is 242 g/mol. The lowest BCUT2D eigenvalue weighted by Crippen LogP contribution is -2.43. The molecule has 2 aliphatic heterocycles. The molecule has 1 saturated heterocycles. The van der Waals surface area contributed by atoms with Crippen molar-refractivity contribution in [2.24, 2.45) is 5.92 Å². The summed E-state index contributed by atoms with van der Waals surface area (Å²) in [5, 5.41) is 0. The SMILES string of the molecule is O=C1CCN(C(=O)C2CCCOC2)c2ccccc21. The van der Waals surface area contributed by atoms with Gasteiger partial charge >= 0.3 is 0 Å². The van der Waals surface area contributed by atoms with Crippen LogP contribution in [-0.2, 0) is 9.53 Å². The number of Topliss-reactive ketones (excluding diaryl/α,β-unsaturated/α-hetero) is 1. The number of rotatable bonds is 1. The second kappa shape index (κ2) is 5.13. The molecule has 1 aromatic rings. The number of ketones is 1. The number of carbonyl (C=O) groups is 2. The monoisotopic (exact) mass is 259 g/mol. The summed E-state index contributed by atoms with van der Waals surface area (Å²) in [5.41, 5.74) is 1.42. The Morgan fingerprint density at radius 3 is 2.95 bits per heavy atom. The van der Waals surface area contributed by atoms with Crippen molar-refractivity contribution in [3.05, 3.63) is 29.8 Å². The molecule has 0 aromatic heterocycles. The third-order valence-corrected chi connectivity index (χ3v) is 3.83. The van der Waals surface area contributed by atoms with Crippen LogP contribution in [0.1, 0.15) is 29.6 Å². The van der Waals surface area contributed by atoms with Gasteiger partial charge in [-0.15, -0.1) is 0 Å². The van der Waals surface area contributed by atoms with E-state index in [0.717, 1.165) is 25.1 Å². The molecule has 0 aliphatic carbocycles. The van der Waals surface area contributed by atoms with E-state index in [1.807, 2.05) is 18.2 Å². The summed E-state index contributed by atoms with van der Waals surface area (Å²) in [6, 6.07) is 7.37. The van der Waals surface area contributed by atoms with Gasteiger partial charge < -0.3 is 9.64 Å². The number of ether oxygens (including phenoxy) is 1. The van der Waals surface area contributed by atoms with Gasteiger partial charge in [0, 0.05) is 25.1 Å². The van der Waals surface area contributed by atoms with Gasteiger partial charge in [-0.2, -0.15) is 0 Å². The van der Waals surface area contributed by atoms with Crippen LogP contribution in [0.25, 0.3) is 0 Å². The molecule has 0 bridgehead atoms. The number of para-hydroxylation sites is 1. The number of carbonyl (C=O) groups excluding carboxylic acids is 2. The van der Waals surface area contributed by atoms with E-state index < -0.39 is 0 Å². The number of anilines is 1. The third kappa shape index (κ3) is 2.28. The van der Waals surface area contributed by atoms with Gasteiger partial charge in [-0.1, -0.05) is 12.1 Å². The lowest BCUT2D eigenvalue weighted by atomic mass is 9.96. The third-order valence-electron chi connectivity index (χ3n) is 3.83. The normalized spacial score (nSPS) is 23.1. The van der Waals surface area contributed by atoms with Crippen molar-refractivity contribution in [2.75, 3.05) is 24.7 Å². The number of hydrogen-bond acceptors (Lipinski definition) is 3. The summed E-state index contributed by atoms with van der Waals surface area (Å²) in [6.45, 7) is 1.75. The first-order valence-electron chi connectivity index (χ1n) is 6.79.